The van der Waals surface area contributed by atoms with Crippen LogP contribution in [0.5, 0.6) is 0 Å². The topological polar surface area (TPSA) is 73.1 Å². The van der Waals surface area contributed by atoms with Gasteiger partial charge in [0.1, 0.15) is 0 Å². The minimum absolute atomic E-state index is 0.116. The quantitative estimate of drug-likeness (QED) is 0.714. The molecule has 0 saturated heterocycles. The molecule has 6 nitrogen and oxygen atoms in total. The number of hydrogen-bond acceptors (Lipinski definition) is 3. The number of carbonyl (C=O) groups excluding carboxylic acids is 1. The Morgan fingerprint density at radius 3 is 2.27 bits per heavy atom. The molecule has 0 fully saturated rings. The van der Waals surface area contributed by atoms with Crippen LogP contribution in [0.4, 0.5) is 0 Å². The summed E-state index contributed by atoms with van der Waals surface area (Å²) in [6.45, 7) is 2.90. The van der Waals surface area contributed by atoms with Crippen molar-refractivity contribution in [2.75, 3.05) is 6.54 Å². The summed E-state index contributed by atoms with van der Waals surface area (Å²) in [5.74, 6) is -0.116. The van der Waals surface area contributed by atoms with Crippen LogP contribution in [0.1, 0.15) is 29.3 Å². The standard InChI is InChI=1S/C20H21N3O3/c1-3-12-21-18(24)15-10-8-14(9-11-15)13-23-17-7-5-4-6-16(17)22(2)19(25)20(23)26/h4-11H,3,12-13H2,1-2H3,(H,21,24). The summed E-state index contributed by atoms with van der Waals surface area (Å²) in [5, 5.41) is 2.83. The van der Waals surface area contributed by atoms with Crippen LogP contribution in [0.2, 0.25) is 0 Å². The molecule has 0 bridgehead atoms. The first kappa shape index (κ1) is 17.7. The van der Waals surface area contributed by atoms with E-state index in [0.717, 1.165) is 12.0 Å². The third kappa shape index (κ3) is 3.31. The highest BCUT2D eigenvalue weighted by Gasteiger charge is 2.11. The largest absolute Gasteiger partial charge is 0.352 e. The number of hydrogen-bond donors (Lipinski definition) is 1. The van der Waals surface area contributed by atoms with Crippen LogP contribution in [0.3, 0.4) is 0 Å². The second-order valence-corrected chi connectivity index (χ2v) is 6.20. The highest BCUT2D eigenvalue weighted by atomic mass is 16.2. The summed E-state index contributed by atoms with van der Waals surface area (Å²) in [5.41, 5.74) is 1.70. The molecule has 3 aromatic rings. The number of aryl methyl sites for hydroxylation is 1. The van der Waals surface area contributed by atoms with Crippen molar-refractivity contribution >= 4 is 16.9 Å². The van der Waals surface area contributed by atoms with Crippen LogP contribution < -0.4 is 16.4 Å². The van der Waals surface area contributed by atoms with Crippen molar-refractivity contribution in [2.24, 2.45) is 7.05 Å². The van der Waals surface area contributed by atoms with Crippen LogP contribution >= 0.6 is 0 Å². The molecule has 0 spiro atoms. The predicted molar refractivity (Wildman–Crippen MR) is 102 cm³/mol. The van der Waals surface area contributed by atoms with Crippen molar-refractivity contribution in [1.29, 1.82) is 0 Å². The molecule has 0 atom stereocenters. The Hall–Kier alpha value is -3.15. The van der Waals surface area contributed by atoms with E-state index < -0.39 is 11.1 Å². The van der Waals surface area contributed by atoms with Gasteiger partial charge >= 0.3 is 11.1 Å². The molecule has 0 aliphatic carbocycles. The van der Waals surface area contributed by atoms with Crippen LogP contribution in [-0.2, 0) is 13.6 Å². The Bertz CT molecular complexity index is 1060. The van der Waals surface area contributed by atoms with Gasteiger partial charge < -0.3 is 9.88 Å². The highest BCUT2D eigenvalue weighted by Crippen LogP contribution is 2.12. The second kappa shape index (κ2) is 7.39. The third-order valence-electron chi connectivity index (χ3n) is 4.36. The number of fused-ring (bicyclic) bond motifs is 1. The number of para-hydroxylation sites is 2. The maximum absolute atomic E-state index is 12.5. The van der Waals surface area contributed by atoms with Crippen molar-refractivity contribution in [3.63, 3.8) is 0 Å². The van der Waals surface area contributed by atoms with Gasteiger partial charge in [0.05, 0.1) is 17.6 Å². The van der Waals surface area contributed by atoms with Gasteiger partial charge in [0, 0.05) is 19.2 Å². The number of amides is 1. The number of carbonyl (C=O) groups is 1. The fourth-order valence-corrected chi connectivity index (χ4v) is 2.90. The molecule has 0 aliphatic rings. The van der Waals surface area contributed by atoms with Gasteiger partial charge in [-0.15, -0.1) is 0 Å². The number of aromatic nitrogens is 2. The van der Waals surface area contributed by atoms with Gasteiger partial charge in [-0.05, 0) is 36.2 Å². The Labute approximate surface area is 150 Å². The Morgan fingerprint density at radius 1 is 0.962 bits per heavy atom. The zero-order valence-corrected chi connectivity index (χ0v) is 14.9. The van der Waals surface area contributed by atoms with Crippen LogP contribution in [0.15, 0.2) is 58.1 Å². The van der Waals surface area contributed by atoms with E-state index in [2.05, 4.69) is 5.32 Å². The lowest BCUT2D eigenvalue weighted by molar-refractivity contribution is 0.0953. The monoisotopic (exact) mass is 351 g/mol. The van der Waals surface area contributed by atoms with Crippen LogP contribution in [0, 0.1) is 0 Å². The van der Waals surface area contributed by atoms with Crippen molar-refractivity contribution in [3.8, 4) is 0 Å². The van der Waals surface area contributed by atoms with Gasteiger partial charge in [-0.2, -0.15) is 0 Å². The SMILES string of the molecule is CCCNC(=O)c1ccc(Cn2c(=O)c(=O)n(C)c3ccccc32)cc1. The first-order valence-corrected chi connectivity index (χ1v) is 8.58. The van der Waals surface area contributed by atoms with Gasteiger partial charge in [0.25, 0.3) is 5.91 Å². The maximum Gasteiger partial charge on any atom is 0.317 e. The molecular weight excluding hydrogens is 330 g/mol. The minimum Gasteiger partial charge on any atom is -0.352 e. The van der Waals surface area contributed by atoms with E-state index in [4.69, 9.17) is 0 Å². The van der Waals surface area contributed by atoms with Crippen LogP contribution in [-0.4, -0.2) is 21.6 Å². The number of rotatable bonds is 5. The lowest BCUT2D eigenvalue weighted by atomic mass is 10.1. The maximum atomic E-state index is 12.5. The Morgan fingerprint density at radius 2 is 1.62 bits per heavy atom. The van der Waals surface area contributed by atoms with Gasteiger partial charge in [-0.25, -0.2) is 0 Å². The van der Waals surface area contributed by atoms with Gasteiger partial charge in [0.2, 0.25) is 0 Å². The fraction of sp³-hybridized carbons (Fsp3) is 0.250. The molecule has 1 amide bonds. The number of nitrogens with one attached hydrogen (secondary N) is 1. The first-order valence-electron chi connectivity index (χ1n) is 8.58. The summed E-state index contributed by atoms with van der Waals surface area (Å²) in [7, 11) is 1.60. The first-order chi connectivity index (χ1) is 12.5. The molecule has 0 aliphatic heterocycles. The van der Waals surface area contributed by atoms with E-state index in [1.54, 1.807) is 31.3 Å². The zero-order chi connectivity index (χ0) is 18.7. The van der Waals surface area contributed by atoms with E-state index in [-0.39, 0.29) is 12.5 Å². The third-order valence-corrected chi connectivity index (χ3v) is 4.36. The summed E-state index contributed by atoms with van der Waals surface area (Å²) in [6.07, 6.45) is 0.878. The lowest BCUT2D eigenvalue weighted by Crippen LogP contribution is -2.40. The molecule has 0 unspecified atom stereocenters. The van der Waals surface area contributed by atoms with Gasteiger partial charge in [0.15, 0.2) is 0 Å². The number of nitrogens with zero attached hydrogens (tertiary/aromatic N) is 2. The molecule has 1 N–H and O–H groups in total. The van der Waals surface area contributed by atoms with E-state index in [0.29, 0.717) is 23.1 Å². The highest BCUT2D eigenvalue weighted by molar-refractivity contribution is 5.94. The van der Waals surface area contributed by atoms with Crippen molar-refractivity contribution in [3.05, 3.63) is 80.4 Å². The summed E-state index contributed by atoms with van der Waals surface area (Å²) >= 11 is 0. The average Bonchev–Trinajstić information content (AvgIpc) is 2.68. The predicted octanol–water partition coefficient (Wildman–Crippen LogP) is 1.89. The Balaban J connectivity index is 1.96. The minimum atomic E-state index is -0.559. The fourth-order valence-electron chi connectivity index (χ4n) is 2.90. The number of benzene rings is 2. The normalized spacial score (nSPS) is 10.8. The van der Waals surface area contributed by atoms with Crippen molar-refractivity contribution < 1.29 is 4.79 Å². The zero-order valence-electron chi connectivity index (χ0n) is 14.9. The van der Waals surface area contributed by atoms with Crippen molar-refractivity contribution in [2.45, 2.75) is 19.9 Å². The molecule has 26 heavy (non-hydrogen) atoms. The molecule has 3 rings (SSSR count). The smallest absolute Gasteiger partial charge is 0.317 e. The summed E-state index contributed by atoms with van der Waals surface area (Å²) < 4.78 is 2.85. The van der Waals surface area contributed by atoms with E-state index in [1.165, 1.54) is 9.13 Å². The molecule has 134 valence electrons. The Kier molecular flexibility index (Phi) is 5.02. The molecule has 1 heterocycles. The van der Waals surface area contributed by atoms with Gasteiger partial charge in [-0.3, -0.25) is 19.0 Å². The molecule has 1 aromatic heterocycles. The van der Waals surface area contributed by atoms with Crippen LogP contribution in [0.25, 0.3) is 11.0 Å². The second-order valence-electron chi connectivity index (χ2n) is 6.20. The summed E-state index contributed by atoms with van der Waals surface area (Å²) in [6, 6.07) is 14.4. The van der Waals surface area contributed by atoms with Gasteiger partial charge in [-0.1, -0.05) is 31.2 Å². The van der Waals surface area contributed by atoms with Crippen molar-refractivity contribution in [1.82, 2.24) is 14.5 Å². The molecular formula is C20H21N3O3. The lowest BCUT2D eigenvalue weighted by Gasteiger charge is -2.13. The molecule has 6 heteroatoms. The molecule has 0 saturated carbocycles. The molecule has 2 aromatic carbocycles. The molecule has 0 radical (unpaired) electrons. The van der Waals surface area contributed by atoms with E-state index in [9.17, 15) is 14.4 Å². The van der Waals surface area contributed by atoms with E-state index >= 15 is 0 Å². The average molecular weight is 351 g/mol. The van der Waals surface area contributed by atoms with E-state index in [1.807, 2.05) is 31.2 Å². The summed E-state index contributed by atoms with van der Waals surface area (Å²) in [4.78, 5) is 36.7.